The maximum Gasteiger partial charge on any atom is 0.332 e. The zero-order valence-electron chi connectivity index (χ0n) is 21.5. The molecular formula is C30H27FN2O4S. The highest BCUT2D eigenvalue weighted by Gasteiger charge is 2.22. The molecule has 0 spiro atoms. The number of hydrogen-bond acceptors (Lipinski definition) is 4. The molecule has 0 amide bonds. The molecule has 8 heteroatoms. The van der Waals surface area contributed by atoms with E-state index in [4.69, 9.17) is 11.2 Å². The number of ether oxygens (including phenoxy) is 1. The number of hydrogen-bond donors (Lipinski definition) is 1. The van der Waals surface area contributed by atoms with Crippen LogP contribution in [0.4, 0.5) is 3.89 Å². The molecular weight excluding hydrogens is 503 g/mol. The maximum absolute atomic E-state index is 14.0. The Morgan fingerprint density at radius 2 is 1.82 bits per heavy atom. The molecule has 0 radical (unpaired) electrons. The summed E-state index contributed by atoms with van der Waals surface area (Å²) in [5.74, 6) is 3.24. The van der Waals surface area contributed by atoms with Gasteiger partial charge in [0, 0.05) is 28.1 Å². The van der Waals surface area contributed by atoms with Crippen LogP contribution in [0.15, 0.2) is 64.3 Å². The molecule has 2 aromatic heterocycles. The lowest BCUT2D eigenvalue weighted by Gasteiger charge is -2.20. The molecule has 38 heavy (non-hydrogen) atoms. The first kappa shape index (κ1) is 25.6. The summed E-state index contributed by atoms with van der Waals surface area (Å²) < 4.78 is 45.3. The number of H-pyrrole nitrogens is 1. The third kappa shape index (κ3) is 4.33. The quantitative estimate of drug-likeness (QED) is 0.199. The van der Waals surface area contributed by atoms with Crippen molar-refractivity contribution in [2.45, 2.75) is 38.6 Å². The molecule has 0 fully saturated rings. The summed E-state index contributed by atoms with van der Waals surface area (Å²) in [6, 6.07) is 14.6. The van der Waals surface area contributed by atoms with E-state index in [1.54, 1.807) is 12.1 Å². The van der Waals surface area contributed by atoms with E-state index in [9.17, 15) is 17.1 Å². The molecule has 5 rings (SSSR count). The number of rotatable bonds is 6. The third-order valence-electron chi connectivity index (χ3n) is 6.53. The van der Waals surface area contributed by atoms with Crippen LogP contribution in [0, 0.1) is 18.3 Å². The van der Waals surface area contributed by atoms with Gasteiger partial charge < -0.3 is 14.3 Å². The molecule has 2 heterocycles. The second-order valence-corrected chi connectivity index (χ2v) is 11.4. The largest absolute Gasteiger partial charge is 0.493 e. The maximum atomic E-state index is 14.0. The molecule has 6 nitrogen and oxygen atoms in total. The molecule has 0 aliphatic carbocycles. The Morgan fingerprint density at radius 1 is 1.05 bits per heavy atom. The third-order valence-corrected chi connectivity index (χ3v) is 7.35. The Hall–Kier alpha value is -4.09. The molecule has 5 aromatic rings. The fraction of sp³-hybridized carbons (Fsp3) is 0.233. The van der Waals surface area contributed by atoms with E-state index in [2.05, 4.69) is 10.9 Å². The van der Waals surface area contributed by atoms with Crippen molar-refractivity contribution in [2.75, 3.05) is 6.61 Å². The molecule has 0 unspecified atom stereocenters. The van der Waals surface area contributed by atoms with Crippen molar-refractivity contribution < 1.29 is 17.0 Å². The first-order valence-electron chi connectivity index (χ1n) is 12.3. The molecule has 0 saturated heterocycles. The Labute approximate surface area is 220 Å². The van der Waals surface area contributed by atoms with E-state index in [0.29, 0.717) is 51.0 Å². The van der Waals surface area contributed by atoms with E-state index in [0.717, 1.165) is 10.9 Å². The van der Waals surface area contributed by atoms with Gasteiger partial charge in [-0.2, -0.15) is 8.42 Å². The Balaban J connectivity index is 1.91. The van der Waals surface area contributed by atoms with Crippen molar-refractivity contribution >= 4 is 43.1 Å². The summed E-state index contributed by atoms with van der Waals surface area (Å²) in [5, 5.41) is 1.79. The van der Waals surface area contributed by atoms with E-state index in [-0.39, 0.29) is 17.4 Å². The minimum atomic E-state index is -4.91. The SMILES string of the molecule is C#Cc1ccc2c(c1)[nH]c1c2c(=O)c2cc(OCC(C)C)c(-c3cccc(S(=O)(=O)F)c3)cc2n1C(C)C. The van der Waals surface area contributed by atoms with Gasteiger partial charge >= 0.3 is 10.2 Å². The van der Waals surface area contributed by atoms with Crippen molar-refractivity contribution in [1.82, 2.24) is 9.55 Å². The molecule has 3 aromatic carbocycles. The summed E-state index contributed by atoms with van der Waals surface area (Å²) in [4.78, 5) is 16.9. The van der Waals surface area contributed by atoms with Crippen molar-refractivity contribution in [3.05, 3.63) is 70.4 Å². The van der Waals surface area contributed by atoms with Crippen LogP contribution in [0.3, 0.4) is 0 Å². The van der Waals surface area contributed by atoms with Crippen LogP contribution in [-0.2, 0) is 10.2 Å². The van der Waals surface area contributed by atoms with Crippen LogP contribution in [-0.4, -0.2) is 24.6 Å². The Morgan fingerprint density at radius 3 is 2.47 bits per heavy atom. The first-order valence-corrected chi connectivity index (χ1v) is 13.7. The normalized spacial score (nSPS) is 12.2. The number of pyridine rings is 1. The summed E-state index contributed by atoms with van der Waals surface area (Å²) in [7, 11) is -4.91. The average Bonchev–Trinajstić information content (AvgIpc) is 3.25. The van der Waals surface area contributed by atoms with Crippen LogP contribution in [0.25, 0.3) is 44.0 Å². The Kier molecular flexibility index (Phi) is 6.28. The van der Waals surface area contributed by atoms with Gasteiger partial charge in [0.25, 0.3) is 0 Å². The van der Waals surface area contributed by atoms with Crippen molar-refractivity contribution in [3.8, 4) is 29.2 Å². The standard InChI is InChI=1S/C30H27FN2O4S/c1-6-19-10-11-22-25(12-19)32-30-28(22)29(34)24-15-27(37-16-17(2)3)23(14-26(24)33(30)18(4)5)20-8-7-9-21(13-20)38(31,35)36/h1,7-15,17-18,32H,16H2,2-5H3. The number of aromatic nitrogens is 2. The van der Waals surface area contributed by atoms with Gasteiger partial charge in [0.2, 0.25) is 0 Å². The summed E-state index contributed by atoms with van der Waals surface area (Å²) >= 11 is 0. The molecule has 0 aliphatic heterocycles. The minimum absolute atomic E-state index is 0.0476. The fourth-order valence-corrected chi connectivity index (χ4v) is 5.35. The molecule has 0 bridgehead atoms. The number of fused-ring (bicyclic) bond motifs is 4. The topological polar surface area (TPSA) is 81.2 Å². The van der Waals surface area contributed by atoms with E-state index in [1.807, 2.05) is 56.5 Å². The number of terminal acetylenes is 1. The highest BCUT2D eigenvalue weighted by Crippen LogP contribution is 2.38. The number of halogens is 1. The Bertz CT molecular complexity index is 1940. The van der Waals surface area contributed by atoms with Gasteiger partial charge in [-0.15, -0.1) is 10.3 Å². The van der Waals surface area contributed by atoms with Gasteiger partial charge in [0.05, 0.1) is 27.8 Å². The predicted molar refractivity (Wildman–Crippen MR) is 150 cm³/mol. The minimum Gasteiger partial charge on any atom is -0.493 e. The van der Waals surface area contributed by atoms with Crippen LogP contribution in [0.5, 0.6) is 5.75 Å². The molecule has 0 saturated carbocycles. The van der Waals surface area contributed by atoms with Crippen LogP contribution < -0.4 is 10.2 Å². The zero-order valence-corrected chi connectivity index (χ0v) is 22.3. The number of nitrogens with one attached hydrogen (secondary N) is 1. The lowest BCUT2D eigenvalue weighted by molar-refractivity contribution is 0.272. The summed E-state index contributed by atoms with van der Waals surface area (Å²) in [6.45, 7) is 8.41. The van der Waals surface area contributed by atoms with Gasteiger partial charge in [-0.25, -0.2) is 0 Å². The van der Waals surface area contributed by atoms with E-state index < -0.39 is 15.1 Å². The van der Waals surface area contributed by atoms with Gasteiger partial charge in [-0.05, 0) is 61.7 Å². The average molecular weight is 531 g/mol. The van der Waals surface area contributed by atoms with E-state index in [1.165, 1.54) is 18.2 Å². The van der Waals surface area contributed by atoms with Gasteiger partial charge in [-0.1, -0.05) is 38.0 Å². The first-order chi connectivity index (χ1) is 18.0. The lowest BCUT2D eigenvalue weighted by Crippen LogP contribution is -2.14. The van der Waals surface area contributed by atoms with Crippen molar-refractivity contribution in [3.63, 3.8) is 0 Å². The molecule has 194 valence electrons. The summed E-state index contributed by atoms with van der Waals surface area (Å²) in [6.07, 6.45) is 5.59. The number of aromatic amines is 1. The fourth-order valence-electron chi connectivity index (χ4n) is 4.84. The highest BCUT2D eigenvalue weighted by molar-refractivity contribution is 7.86. The van der Waals surface area contributed by atoms with Crippen molar-refractivity contribution in [1.29, 1.82) is 0 Å². The van der Waals surface area contributed by atoms with Crippen LogP contribution >= 0.6 is 0 Å². The monoisotopic (exact) mass is 530 g/mol. The molecule has 0 aliphatic rings. The molecule has 0 atom stereocenters. The summed E-state index contributed by atoms with van der Waals surface area (Å²) in [5.41, 5.74) is 3.61. The van der Waals surface area contributed by atoms with Crippen molar-refractivity contribution in [2.24, 2.45) is 5.92 Å². The van der Waals surface area contributed by atoms with Crippen LogP contribution in [0.2, 0.25) is 0 Å². The van der Waals surface area contributed by atoms with Gasteiger partial charge in [0.15, 0.2) is 5.43 Å². The van der Waals surface area contributed by atoms with Crippen LogP contribution in [0.1, 0.15) is 39.3 Å². The van der Waals surface area contributed by atoms with E-state index >= 15 is 0 Å². The predicted octanol–water partition coefficient (Wildman–Crippen LogP) is 6.56. The number of nitrogens with zero attached hydrogens (tertiary/aromatic N) is 1. The lowest BCUT2D eigenvalue weighted by atomic mass is 10.00. The van der Waals surface area contributed by atoms with Gasteiger partial charge in [0.1, 0.15) is 11.4 Å². The number of benzene rings is 3. The molecule has 1 N–H and O–H groups in total. The highest BCUT2D eigenvalue weighted by atomic mass is 32.3. The van der Waals surface area contributed by atoms with Gasteiger partial charge in [-0.3, -0.25) is 4.79 Å². The smallest absolute Gasteiger partial charge is 0.332 e. The second-order valence-electron chi connectivity index (χ2n) is 10.1. The zero-order chi connectivity index (χ0) is 27.4. The second kappa shape index (κ2) is 9.34.